The fourth-order valence-corrected chi connectivity index (χ4v) is 3.42. The Morgan fingerprint density at radius 1 is 1.07 bits per heavy atom. The molecule has 1 unspecified atom stereocenters. The van der Waals surface area contributed by atoms with Gasteiger partial charge in [-0.3, -0.25) is 0 Å². The molecule has 0 saturated heterocycles. The lowest BCUT2D eigenvalue weighted by molar-refractivity contribution is -0.917. The predicted octanol–water partition coefficient (Wildman–Crippen LogP) is 1.87. The minimum absolute atomic E-state index is 0.172. The standard InChI is InChI=1S/C23H36N2O3/c1-23(2,3)20-10-8-19(9-11-20)15-25-12-6-7-21(25)16-24(13-14-27-4)17-22(26)18-28-5/h6-12,22,26H,13-18H2,1-5H3/p+1/t22-/m1/s1. The van der Waals surface area contributed by atoms with Crippen LogP contribution in [0.15, 0.2) is 42.6 Å². The molecule has 156 valence electrons. The number of aliphatic hydroxyl groups excluding tert-OH is 1. The molecule has 2 aromatic rings. The molecule has 5 heteroatoms. The summed E-state index contributed by atoms with van der Waals surface area (Å²) in [7, 11) is 3.33. The van der Waals surface area contributed by atoms with E-state index in [4.69, 9.17) is 9.47 Å². The molecule has 2 N–H and O–H groups in total. The molecule has 0 aliphatic rings. The quantitative estimate of drug-likeness (QED) is 0.617. The van der Waals surface area contributed by atoms with Gasteiger partial charge in [0.1, 0.15) is 25.7 Å². The van der Waals surface area contributed by atoms with Gasteiger partial charge in [0.25, 0.3) is 0 Å². The maximum atomic E-state index is 10.2. The van der Waals surface area contributed by atoms with Crippen molar-refractivity contribution in [3.8, 4) is 0 Å². The van der Waals surface area contributed by atoms with Crippen LogP contribution in [0.1, 0.15) is 37.6 Å². The average molecular weight is 390 g/mol. The third-order valence-electron chi connectivity index (χ3n) is 5.07. The van der Waals surface area contributed by atoms with E-state index >= 15 is 0 Å². The van der Waals surface area contributed by atoms with Crippen molar-refractivity contribution in [1.82, 2.24) is 4.57 Å². The van der Waals surface area contributed by atoms with E-state index in [9.17, 15) is 5.11 Å². The van der Waals surface area contributed by atoms with Crippen LogP contribution in [-0.4, -0.2) is 56.3 Å². The largest absolute Gasteiger partial charge is 0.385 e. The second-order valence-corrected chi connectivity index (χ2v) is 8.56. The predicted molar refractivity (Wildman–Crippen MR) is 113 cm³/mol. The fraction of sp³-hybridized carbons (Fsp3) is 0.565. The summed E-state index contributed by atoms with van der Waals surface area (Å²) >= 11 is 0. The molecule has 0 aliphatic heterocycles. The first-order valence-electron chi connectivity index (χ1n) is 10.1. The Labute approximate surface area is 169 Å². The summed E-state index contributed by atoms with van der Waals surface area (Å²) < 4.78 is 12.6. The molecule has 0 amide bonds. The van der Waals surface area contributed by atoms with E-state index in [2.05, 4.69) is 67.9 Å². The summed E-state index contributed by atoms with van der Waals surface area (Å²) in [6.45, 7) is 10.9. The minimum Gasteiger partial charge on any atom is -0.385 e. The van der Waals surface area contributed by atoms with Crippen molar-refractivity contribution in [2.75, 3.05) is 40.5 Å². The van der Waals surface area contributed by atoms with Crippen LogP contribution < -0.4 is 4.90 Å². The molecular formula is C23H37N2O3+. The summed E-state index contributed by atoms with van der Waals surface area (Å²) in [5, 5.41) is 10.2. The zero-order valence-corrected chi connectivity index (χ0v) is 18.1. The Balaban J connectivity index is 2.06. The summed E-state index contributed by atoms with van der Waals surface area (Å²) in [5.41, 5.74) is 4.08. The van der Waals surface area contributed by atoms with Crippen molar-refractivity contribution in [3.63, 3.8) is 0 Å². The van der Waals surface area contributed by atoms with Crippen LogP contribution in [0.25, 0.3) is 0 Å². The van der Waals surface area contributed by atoms with Crippen molar-refractivity contribution in [3.05, 3.63) is 59.4 Å². The van der Waals surface area contributed by atoms with E-state index in [1.807, 2.05) is 0 Å². The molecule has 0 saturated carbocycles. The smallest absolute Gasteiger partial charge is 0.126 e. The third-order valence-corrected chi connectivity index (χ3v) is 5.07. The van der Waals surface area contributed by atoms with Gasteiger partial charge in [-0.2, -0.15) is 0 Å². The Morgan fingerprint density at radius 2 is 1.79 bits per heavy atom. The van der Waals surface area contributed by atoms with Crippen LogP contribution in [0.4, 0.5) is 0 Å². The molecule has 1 aromatic heterocycles. The third kappa shape index (κ3) is 7.06. The normalized spacial score (nSPS) is 14.2. The van der Waals surface area contributed by atoms with Crippen LogP contribution in [0.3, 0.4) is 0 Å². The van der Waals surface area contributed by atoms with Crippen LogP contribution in [0.2, 0.25) is 0 Å². The average Bonchev–Trinajstić information content (AvgIpc) is 3.06. The molecular weight excluding hydrogens is 352 g/mol. The highest BCUT2D eigenvalue weighted by atomic mass is 16.5. The Hall–Kier alpha value is -1.66. The lowest BCUT2D eigenvalue weighted by Crippen LogP contribution is -3.12. The first kappa shape index (κ1) is 22.6. The number of hydrogen-bond donors (Lipinski definition) is 2. The number of quaternary nitrogens is 1. The number of rotatable bonds is 11. The van der Waals surface area contributed by atoms with Crippen LogP contribution in [-0.2, 0) is 28.0 Å². The van der Waals surface area contributed by atoms with Crippen LogP contribution >= 0.6 is 0 Å². The highest BCUT2D eigenvalue weighted by molar-refractivity contribution is 5.28. The zero-order valence-electron chi connectivity index (χ0n) is 18.1. The maximum absolute atomic E-state index is 10.2. The first-order chi connectivity index (χ1) is 13.3. The lowest BCUT2D eigenvalue weighted by atomic mass is 9.87. The molecule has 0 fully saturated rings. The van der Waals surface area contributed by atoms with Crippen molar-refractivity contribution in [2.24, 2.45) is 0 Å². The highest BCUT2D eigenvalue weighted by Crippen LogP contribution is 2.22. The van der Waals surface area contributed by atoms with E-state index < -0.39 is 6.10 Å². The number of ether oxygens (including phenoxy) is 2. The molecule has 5 nitrogen and oxygen atoms in total. The van der Waals surface area contributed by atoms with Gasteiger partial charge in [-0.15, -0.1) is 0 Å². The first-order valence-corrected chi connectivity index (χ1v) is 10.1. The zero-order chi connectivity index (χ0) is 20.6. The topological polar surface area (TPSA) is 48.1 Å². The summed E-state index contributed by atoms with van der Waals surface area (Å²) in [6, 6.07) is 13.2. The van der Waals surface area contributed by atoms with Crippen molar-refractivity contribution in [2.45, 2.75) is 45.4 Å². The van der Waals surface area contributed by atoms with E-state index in [1.54, 1.807) is 14.2 Å². The van der Waals surface area contributed by atoms with Gasteiger partial charge in [0.05, 0.1) is 18.9 Å². The number of hydrogen-bond acceptors (Lipinski definition) is 3. The Kier molecular flexibility index (Phi) is 8.70. The molecule has 0 aliphatic carbocycles. The number of nitrogens with one attached hydrogen (secondary N) is 1. The monoisotopic (exact) mass is 389 g/mol. The lowest BCUT2D eigenvalue weighted by Gasteiger charge is -2.23. The van der Waals surface area contributed by atoms with Gasteiger partial charge in [-0.05, 0) is 28.7 Å². The van der Waals surface area contributed by atoms with E-state index in [0.29, 0.717) is 19.8 Å². The van der Waals surface area contributed by atoms with Gasteiger partial charge >= 0.3 is 0 Å². The van der Waals surface area contributed by atoms with Gasteiger partial charge in [-0.25, -0.2) is 0 Å². The number of aliphatic hydroxyl groups is 1. The maximum Gasteiger partial charge on any atom is 0.126 e. The molecule has 0 bridgehead atoms. The molecule has 28 heavy (non-hydrogen) atoms. The second-order valence-electron chi connectivity index (χ2n) is 8.56. The molecule has 1 heterocycles. The Morgan fingerprint density at radius 3 is 2.39 bits per heavy atom. The highest BCUT2D eigenvalue weighted by Gasteiger charge is 2.18. The van der Waals surface area contributed by atoms with Gasteiger partial charge in [-0.1, -0.05) is 45.0 Å². The number of benzene rings is 1. The molecule has 0 spiro atoms. The Bertz CT molecular complexity index is 689. The van der Waals surface area contributed by atoms with E-state index in [-0.39, 0.29) is 5.41 Å². The number of aromatic nitrogens is 1. The number of nitrogens with zero attached hydrogens (tertiary/aromatic N) is 1. The van der Waals surface area contributed by atoms with Gasteiger partial charge in [0.2, 0.25) is 0 Å². The van der Waals surface area contributed by atoms with E-state index in [1.165, 1.54) is 21.7 Å². The summed E-state index contributed by atoms with van der Waals surface area (Å²) in [5.74, 6) is 0. The van der Waals surface area contributed by atoms with Gasteiger partial charge < -0.3 is 24.0 Å². The fourth-order valence-electron chi connectivity index (χ4n) is 3.42. The van der Waals surface area contributed by atoms with Crippen LogP contribution in [0.5, 0.6) is 0 Å². The van der Waals surface area contributed by atoms with E-state index in [0.717, 1.165) is 19.6 Å². The van der Waals surface area contributed by atoms with Crippen molar-refractivity contribution < 1.29 is 19.5 Å². The summed E-state index contributed by atoms with van der Waals surface area (Å²) in [4.78, 5) is 1.29. The molecule has 1 aromatic carbocycles. The van der Waals surface area contributed by atoms with Crippen molar-refractivity contribution in [1.29, 1.82) is 0 Å². The van der Waals surface area contributed by atoms with Gasteiger partial charge in [0.15, 0.2) is 0 Å². The second kappa shape index (κ2) is 10.8. The molecule has 0 radical (unpaired) electrons. The minimum atomic E-state index is -0.467. The van der Waals surface area contributed by atoms with Crippen molar-refractivity contribution >= 4 is 0 Å². The van der Waals surface area contributed by atoms with Crippen LogP contribution in [0, 0.1) is 0 Å². The SMILES string of the molecule is COCC[NH+](Cc1cccn1Cc1ccc(C(C)(C)C)cc1)C[C@@H](O)COC. The summed E-state index contributed by atoms with van der Waals surface area (Å²) in [6.07, 6.45) is 1.66. The molecule has 2 rings (SSSR count). The molecule has 2 atom stereocenters. The van der Waals surface area contributed by atoms with Gasteiger partial charge in [0, 0.05) is 27.0 Å². The number of methoxy groups -OCH3 is 2.